The second-order valence-electron chi connectivity index (χ2n) is 4.85. The summed E-state index contributed by atoms with van der Waals surface area (Å²) in [5.74, 6) is -4.74. The molecule has 3 rings (SSSR count). The number of fused-ring (bicyclic) bond motifs is 4. The highest BCUT2D eigenvalue weighted by Crippen LogP contribution is 2.70. The minimum absolute atomic E-state index is 0.738. The SMILES string of the molecule is CC12C(=O)OC(=O)C1C1(C)C(=O)OC(=O)C21.CN. The molecule has 7 heteroatoms. The van der Waals surface area contributed by atoms with Gasteiger partial charge in [0.25, 0.3) is 0 Å². The van der Waals surface area contributed by atoms with E-state index in [0.29, 0.717) is 0 Å². The smallest absolute Gasteiger partial charge is 0.321 e. The molecule has 98 valence electrons. The first-order valence-corrected chi connectivity index (χ1v) is 5.44. The molecule has 2 N–H and O–H groups in total. The molecule has 0 atom stereocenters. The summed E-state index contributed by atoms with van der Waals surface area (Å²) in [6.45, 7) is 2.94. The Morgan fingerprint density at radius 3 is 1.39 bits per heavy atom. The molecule has 2 saturated heterocycles. The molecule has 0 spiro atoms. The van der Waals surface area contributed by atoms with Crippen LogP contribution in [0.3, 0.4) is 0 Å². The van der Waals surface area contributed by atoms with E-state index in [4.69, 9.17) is 0 Å². The first-order chi connectivity index (χ1) is 8.34. The van der Waals surface area contributed by atoms with Crippen molar-refractivity contribution in [2.75, 3.05) is 7.05 Å². The van der Waals surface area contributed by atoms with Gasteiger partial charge < -0.3 is 15.2 Å². The number of cyclic esters (lactones) is 4. The van der Waals surface area contributed by atoms with E-state index in [2.05, 4.69) is 15.2 Å². The number of rotatable bonds is 0. The molecular formula is C11H13NO6. The fourth-order valence-electron chi connectivity index (χ4n) is 3.45. The minimum Gasteiger partial charge on any atom is -0.392 e. The number of ether oxygens (including phenoxy) is 2. The largest absolute Gasteiger partial charge is 0.392 e. The first-order valence-electron chi connectivity index (χ1n) is 5.44. The summed E-state index contributed by atoms with van der Waals surface area (Å²) in [6.07, 6.45) is 0. The van der Waals surface area contributed by atoms with Gasteiger partial charge in [-0.25, -0.2) is 0 Å². The van der Waals surface area contributed by atoms with Gasteiger partial charge in [-0.1, -0.05) is 0 Å². The zero-order chi connectivity index (χ0) is 13.9. The molecule has 2 heterocycles. The molecule has 1 aliphatic carbocycles. The Balaban J connectivity index is 0.000000574. The van der Waals surface area contributed by atoms with E-state index in [1.54, 1.807) is 0 Å². The van der Waals surface area contributed by atoms with Crippen molar-refractivity contribution in [1.82, 2.24) is 0 Å². The topological polar surface area (TPSA) is 113 Å². The molecule has 0 unspecified atom stereocenters. The van der Waals surface area contributed by atoms with Crippen molar-refractivity contribution in [3.05, 3.63) is 0 Å². The molecule has 18 heavy (non-hydrogen) atoms. The van der Waals surface area contributed by atoms with Gasteiger partial charge in [0, 0.05) is 0 Å². The first kappa shape index (κ1) is 12.7. The Morgan fingerprint density at radius 2 is 1.11 bits per heavy atom. The van der Waals surface area contributed by atoms with Crippen LogP contribution in [0.5, 0.6) is 0 Å². The van der Waals surface area contributed by atoms with Crippen molar-refractivity contribution < 1.29 is 28.7 Å². The third-order valence-electron chi connectivity index (χ3n) is 4.14. The normalized spacial score (nSPS) is 44.2. The van der Waals surface area contributed by atoms with E-state index in [9.17, 15) is 19.2 Å². The van der Waals surface area contributed by atoms with Crippen LogP contribution >= 0.6 is 0 Å². The monoisotopic (exact) mass is 255 g/mol. The molecule has 1 saturated carbocycles. The zero-order valence-corrected chi connectivity index (χ0v) is 10.2. The number of nitrogens with two attached hydrogens (primary N) is 1. The van der Waals surface area contributed by atoms with Crippen LogP contribution in [0.1, 0.15) is 13.8 Å². The van der Waals surface area contributed by atoms with E-state index >= 15 is 0 Å². The van der Waals surface area contributed by atoms with Crippen molar-refractivity contribution in [2.24, 2.45) is 28.4 Å². The third-order valence-corrected chi connectivity index (χ3v) is 4.14. The van der Waals surface area contributed by atoms with E-state index in [0.717, 1.165) is 0 Å². The van der Waals surface area contributed by atoms with Gasteiger partial charge in [0.1, 0.15) is 0 Å². The van der Waals surface area contributed by atoms with Crippen molar-refractivity contribution in [3.8, 4) is 0 Å². The molecule has 0 aromatic rings. The van der Waals surface area contributed by atoms with Crippen molar-refractivity contribution in [3.63, 3.8) is 0 Å². The maximum atomic E-state index is 11.5. The van der Waals surface area contributed by atoms with Crippen LogP contribution in [0.2, 0.25) is 0 Å². The van der Waals surface area contributed by atoms with Crippen LogP contribution in [-0.2, 0) is 28.7 Å². The quantitative estimate of drug-likeness (QED) is 0.435. The highest BCUT2D eigenvalue weighted by molar-refractivity contribution is 6.14. The fraction of sp³-hybridized carbons (Fsp3) is 0.636. The zero-order valence-electron chi connectivity index (χ0n) is 10.2. The van der Waals surface area contributed by atoms with Crippen LogP contribution < -0.4 is 5.73 Å². The molecule has 0 amide bonds. The molecule has 0 bridgehead atoms. The van der Waals surface area contributed by atoms with Crippen LogP contribution in [0.25, 0.3) is 0 Å². The van der Waals surface area contributed by atoms with Gasteiger partial charge in [-0.3, -0.25) is 19.2 Å². The lowest BCUT2D eigenvalue weighted by Crippen LogP contribution is -2.65. The molecule has 2 aliphatic heterocycles. The van der Waals surface area contributed by atoms with E-state index in [-0.39, 0.29) is 0 Å². The lowest BCUT2D eigenvalue weighted by atomic mass is 9.41. The van der Waals surface area contributed by atoms with Gasteiger partial charge in [0.05, 0.1) is 22.7 Å². The van der Waals surface area contributed by atoms with Crippen molar-refractivity contribution in [1.29, 1.82) is 0 Å². The molecule has 7 nitrogen and oxygen atoms in total. The highest BCUT2D eigenvalue weighted by Gasteiger charge is 2.85. The number of carbonyl (C=O) groups excluding carboxylic acids is 4. The van der Waals surface area contributed by atoms with Gasteiger partial charge >= 0.3 is 23.9 Å². The molecule has 0 radical (unpaired) electrons. The summed E-state index contributed by atoms with van der Waals surface area (Å²) in [5.41, 5.74) is 2.05. The number of hydrogen-bond acceptors (Lipinski definition) is 7. The van der Waals surface area contributed by atoms with E-state index in [1.807, 2.05) is 0 Å². The Bertz CT molecular complexity index is 430. The Morgan fingerprint density at radius 1 is 0.833 bits per heavy atom. The summed E-state index contributed by atoms with van der Waals surface area (Å²) in [5, 5.41) is 0. The highest BCUT2D eigenvalue weighted by atomic mass is 16.6. The fourth-order valence-corrected chi connectivity index (χ4v) is 3.45. The Hall–Kier alpha value is -1.76. The van der Waals surface area contributed by atoms with Gasteiger partial charge in [0.15, 0.2) is 0 Å². The number of hydrogen-bond donors (Lipinski definition) is 1. The minimum atomic E-state index is -1.23. The predicted octanol–water partition coefficient (Wildman–Crippen LogP) is -1.01. The standard InChI is InChI=1S/C10H8O6.CH5N/c1-9-3(5(11)15-7(9)13)10(2)4(9)6(12)16-8(10)14;1-2/h3-4H,1-2H3;2H2,1H3. The van der Waals surface area contributed by atoms with Crippen molar-refractivity contribution >= 4 is 23.9 Å². The van der Waals surface area contributed by atoms with Gasteiger partial charge in [0.2, 0.25) is 0 Å². The maximum absolute atomic E-state index is 11.5. The molecule has 3 fully saturated rings. The van der Waals surface area contributed by atoms with E-state index < -0.39 is 46.5 Å². The second-order valence-corrected chi connectivity index (χ2v) is 4.85. The van der Waals surface area contributed by atoms with Crippen LogP contribution in [-0.4, -0.2) is 30.9 Å². The van der Waals surface area contributed by atoms with Crippen molar-refractivity contribution in [2.45, 2.75) is 13.8 Å². The van der Waals surface area contributed by atoms with Crippen LogP contribution in [0.15, 0.2) is 0 Å². The Kier molecular flexibility index (Phi) is 2.38. The molecule has 0 aromatic carbocycles. The lowest BCUT2D eigenvalue weighted by molar-refractivity contribution is -0.180. The molecule has 3 aliphatic rings. The van der Waals surface area contributed by atoms with Crippen LogP contribution in [0, 0.1) is 22.7 Å². The predicted molar refractivity (Wildman–Crippen MR) is 55.5 cm³/mol. The molecule has 0 aromatic heterocycles. The number of carbonyl (C=O) groups is 4. The summed E-state index contributed by atoms with van der Waals surface area (Å²) in [4.78, 5) is 46.1. The summed E-state index contributed by atoms with van der Waals surface area (Å²) in [7, 11) is 1.50. The lowest BCUT2D eigenvalue weighted by Gasteiger charge is -2.50. The summed E-state index contributed by atoms with van der Waals surface area (Å²) < 4.78 is 9.02. The average Bonchev–Trinajstić information content (AvgIpc) is 2.60. The van der Waals surface area contributed by atoms with Gasteiger partial charge in [-0.2, -0.15) is 0 Å². The summed E-state index contributed by atoms with van der Waals surface area (Å²) in [6, 6.07) is 0. The maximum Gasteiger partial charge on any atom is 0.321 e. The number of esters is 4. The summed E-state index contributed by atoms with van der Waals surface area (Å²) >= 11 is 0. The molecular weight excluding hydrogens is 242 g/mol. The third kappa shape index (κ3) is 0.989. The second kappa shape index (κ2) is 3.38. The average molecular weight is 255 g/mol. The Labute approximate surface area is 103 Å². The van der Waals surface area contributed by atoms with Gasteiger partial charge in [-0.05, 0) is 20.9 Å². The van der Waals surface area contributed by atoms with E-state index in [1.165, 1.54) is 20.9 Å². The van der Waals surface area contributed by atoms with Gasteiger partial charge in [-0.15, -0.1) is 0 Å². The van der Waals surface area contributed by atoms with Crippen LogP contribution in [0.4, 0.5) is 0 Å².